The second kappa shape index (κ2) is 3.88. The van der Waals surface area contributed by atoms with Crippen molar-refractivity contribution >= 4 is 0 Å². The Morgan fingerprint density at radius 2 is 2.36 bits per heavy atom. The largest absolute Gasteiger partial charge is 0.392 e. The molecule has 0 saturated carbocycles. The summed E-state index contributed by atoms with van der Waals surface area (Å²) in [6, 6.07) is 0. The van der Waals surface area contributed by atoms with Gasteiger partial charge in [0.1, 0.15) is 0 Å². The Morgan fingerprint density at radius 3 is 2.91 bits per heavy atom. The molecule has 0 bridgehead atoms. The van der Waals surface area contributed by atoms with Gasteiger partial charge < -0.3 is 9.84 Å². The minimum atomic E-state index is 0.163. The van der Waals surface area contributed by atoms with Crippen LogP contribution in [0.5, 0.6) is 0 Å². The number of rotatable bonds is 3. The van der Waals surface area contributed by atoms with E-state index in [1.807, 2.05) is 6.92 Å². The molecule has 11 heavy (non-hydrogen) atoms. The van der Waals surface area contributed by atoms with E-state index < -0.39 is 0 Å². The molecule has 0 aromatic rings. The highest BCUT2D eigenvalue weighted by Crippen LogP contribution is 2.23. The quantitative estimate of drug-likeness (QED) is 0.627. The fraction of sp³-hybridized carbons (Fsp3) is 0.778. The first-order valence-corrected chi connectivity index (χ1v) is 4.20. The normalized spacial score (nSPS) is 24.8. The van der Waals surface area contributed by atoms with Crippen LogP contribution in [-0.2, 0) is 4.74 Å². The first-order valence-electron chi connectivity index (χ1n) is 4.20. The Balaban J connectivity index is 2.56. The van der Waals surface area contributed by atoms with Gasteiger partial charge >= 0.3 is 0 Å². The Bertz CT molecular complexity index is 161. The lowest BCUT2D eigenvalue weighted by atomic mass is 10.0. The van der Waals surface area contributed by atoms with E-state index >= 15 is 0 Å². The van der Waals surface area contributed by atoms with Crippen LogP contribution in [0.15, 0.2) is 11.1 Å². The molecule has 0 saturated heterocycles. The highest BCUT2D eigenvalue weighted by molar-refractivity contribution is 5.21. The molecule has 0 spiro atoms. The molecule has 1 unspecified atom stereocenters. The van der Waals surface area contributed by atoms with Gasteiger partial charge in [-0.25, -0.2) is 0 Å². The first-order chi connectivity index (χ1) is 5.29. The smallest absolute Gasteiger partial charge is 0.0814 e. The molecule has 0 aliphatic carbocycles. The van der Waals surface area contributed by atoms with E-state index in [-0.39, 0.29) is 12.7 Å². The number of hydrogen-bond acceptors (Lipinski definition) is 2. The molecule has 0 amide bonds. The van der Waals surface area contributed by atoms with Crippen LogP contribution in [0.4, 0.5) is 0 Å². The van der Waals surface area contributed by atoms with E-state index in [0.29, 0.717) is 6.61 Å². The van der Waals surface area contributed by atoms with Crippen molar-refractivity contribution in [3.05, 3.63) is 11.1 Å². The second-order valence-electron chi connectivity index (χ2n) is 3.05. The van der Waals surface area contributed by atoms with Gasteiger partial charge in [0.2, 0.25) is 0 Å². The van der Waals surface area contributed by atoms with Gasteiger partial charge in [0.05, 0.1) is 19.3 Å². The molecule has 0 radical (unpaired) electrons. The summed E-state index contributed by atoms with van der Waals surface area (Å²) in [5, 5.41) is 9.00. The van der Waals surface area contributed by atoms with Crippen molar-refractivity contribution in [3.63, 3.8) is 0 Å². The Hall–Kier alpha value is -0.340. The van der Waals surface area contributed by atoms with E-state index in [4.69, 9.17) is 9.84 Å². The lowest BCUT2D eigenvalue weighted by Crippen LogP contribution is -2.11. The monoisotopic (exact) mass is 156 g/mol. The van der Waals surface area contributed by atoms with Crippen LogP contribution >= 0.6 is 0 Å². The summed E-state index contributed by atoms with van der Waals surface area (Å²) in [6.07, 6.45) is 2.35. The highest BCUT2D eigenvalue weighted by Gasteiger charge is 2.21. The molecule has 0 aromatic heterocycles. The standard InChI is InChI=1S/C9H16O2/c1-3-4-9-8(5-10)7(2)6-11-9/h9-10H,3-6H2,1-2H3. The van der Waals surface area contributed by atoms with Crippen LogP contribution in [-0.4, -0.2) is 24.4 Å². The van der Waals surface area contributed by atoms with Crippen LogP contribution < -0.4 is 0 Å². The van der Waals surface area contributed by atoms with Gasteiger partial charge in [-0.15, -0.1) is 0 Å². The summed E-state index contributed by atoms with van der Waals surface area (Å²) >= 11 is 0. The zero-order chi connectivity index (χ0) is 8.27. The minimum Gasteiger partial charge on any atom is -0.392 e. The molecular weight excluding hydrogens is 140 g/mol. The van der Waals surface area contributed by atoms with Crippen molar-refractivity contribution in [1.82, 2.24) is 0 Å². The zero-order valence-electron chi connectivity index (χ0n) is 7.26. The summed E-state index contributed by atoms with van der Waals surface area (Å²) in [6.45, 7) is 5.03. The second-order valence-corrected chi connectivity index (χ2v) is 3.05. The van der Waals surface area contributed by atoms with Crippen LogP contribution in [0.1, 0.15) is 26.7 Å². The van der Waals surface area contributed by atoms with Crippen LogP contribution in [0.25, 0.3) is 0 Å². The number of aliphatic hydroxyl groups excluding tert-OH is 1. The average Bonchev–Trinajstić information content (AvgIpc) is 2.33. The molecule has 64 valence electrons. The third-order valence-electron chi connectivity index (χ3n) is 2.16. The summed E-state index contributed by atoms with van der Waals surface area (Å²) in [5.41, 5.74) is 2.32. The van der Waals surface area contributed by atoms with Crippen LogP contribution in [0, 0.1) is 0 Å². The molecule has 2 heteroatoms. The summed E-state index contributed by atoms with van der Waals surface area (Å²) < 4.78 is 5.48. The third-order valence-corrected chi connectivity index (χ3v) is 2.16. The topological polar surface area (TPSA) is 29.5 Å². The molecule has 2 nitrogen and oxygen atoms in total. The van der Waals surface area contributed by atoms with Crippen LogP contribution in [0.2, 0.25) is 0 Å². The summed E-state index contributed by atoms with van der Waals surface area (Å²) in [7, 11) is 0. The van der Waals surface area contributed by atoms with Crippen molar-refractivity contribution < 1.29 is 9.84 Å². The molecule has 0 aromatic carbocycles. The molecular formula is C9H16O2. The molecule has 1 rings (SSSR count). The number of aliphatic hydroxyl groups is 1. The third kappa shape index (κ3) is 1.82. The average molecular weight is 156 g/mol. The first kappa shape index (κ1) is 8.75. The SMILES string of the molecule is CCCC1OCC(C)=C1CO. The Morgan fingerprint density at radius 1 is 1.64 bits per heavy atom. The Labute approximate surface area is 67.9 Å². The molecule has 1 aliphatic heterocycles. The van der Waals surface area contributed by atoms with Crippen LogP contribution in [0.3, 0.4) is 0 Å². The molecule has 1 aliphatic rings. The summed E-state index contributed by atoms with van der Waals surface area (Å²) in [5.74, 6) is 0. The maximum Gasteiger partial charge on any atom is 0.0814 e. The van der Waals surface area contributed by atoms with E-state index in [1.165, 1.54) is 5.57 Å². The molecule has 1 atom stereocenters. The van der Waals surface area contributed by atoms with Gasteiger partial charge in [-0.3, -0.25) is 0 Å². The minimum absolute atomic E-state index is 0.163. The summed E-state index contributed by atoms with van der Waals surface area (Å²) in [4.78, 5) is 0. The number of hydrogen-bond donors (Lipinski definition) is 1. The van der Waals surface area contributed by atoms with Crippen molar-refractivity contribution in [3.8, 4) is 0 Å². The van der Waals surface area contributed by atoms with Gasteiger partial charge in [-0.1, -0.05) is 13.3 Å². The predicted molar refractivity (Wildman–Crippen MR) is 44.4 cm³/mol. The van der Waals surface area contributed by atoms with Crippen molar-refractivity contribution in [1.29, 1.82) is 0 Å². The van der Waals surface area contributed by atoms with Gasteiger partial charge in [0.15, 0.2) is 0 Å². The van der Waals surface area contributed by atoms with Crippen molar-refractivity contribution in [2.24, 2.45) is 0 Å². The van der Waals surface area contributed by atoms with E-state index in [9.17, 15) is 0 Å². The highest BCUT2D eigenvalue weighted by atomic mass is 16.5. The van der Waals surface area contributed by atoms with Gasteiger partial charge in [0, 0.05) is 0 Å². The molecule has 1 N–H and O–H groups in total. The number of ether oxygens (including phenoxy) is 1. The lowest BCUT2D eigenvalue weighted by Gasteiger charge is -2.10. The van der Waals surface area contributed by atoms with Crippen molar-refractivity contribution in [2.45, 2.75) is 32.8 Å². The van der Waals surface area contributed by atoms with E-state index in [1.54, 1.807) is 0 Å². The fourth-order valence-corrected chi connectivity index (χ4v) is 1.45. The molecule has 0 fully saturated rings. The van der Waals surface area contributed by atoms with Gasteiger partial charge in [-0.05, 0) is 24.5 Å². The Kier molecular flexibility index (Phi) is 3.09. The maximum absolute atomic E-state index is 9.00. The lowest BCUT2D eigenvalue weighted by molar-refractivity contribution is 0.105. The maximum atomic E-state index is 9.00. The molecule has 1 heterocycles. The van der Waals surface area contributed by atoms with Gasteiger partial charge in [0.25, 0.3) is 0 Å². The van der Waals surface area contributed by atoms with E-state index in [0.717, 1.165) is 18.4 Å². The van der Waals surface area contributed by atoms with E-state index in [2.05, 4.69) is 6.92 Å². The fourth-order valence-electron chi connectivity index (χ4n) is 1.45. The predicted octanol–water partition coefficient (Wildman–Crippen LogP) is 1.49. The van der Waals surface area contributed by atoms with Gasteiger partial charge in [-0.2, -0.15) is 0 Å². The zero-order valence-corrected chi connectivity index (χ0v) is 7.26. The van der Waals surface area contributed by atoms with Crippen molar-refractivity contribution in [2.75, 3.05) is 13.2 Å².